The van der Waals surface area contributed by atoms with E-state index in [0.29, 0.717) is 16.2 Å². The molecule has 0 aliphatic rings. The van der Waals surface area contributed by atoms with Gasteiger partial charge in [-0.1, -0.05) is 0 Å². The van der Waals surface area contributed by atoms with Gasteiger partial charge in [0.05, 0.1) is 12.5 Å². The molecule has 12 heavy (non-hydrogen) atoms. The standard InChI is InChI=1S/C7H4F3NS/c8-7(9,10)6-2-1-5(12-6)3-4-11/h1-2H,3H2. The Bertz CT molecular complexity index is 307. The summed E-state index contributed by atoms with van der Waals surface area (Å²) in [4.78, 5) is -0.197. The maximum Gasteiger partial charge on any atom is 0.425 e. The van der Waals surface area contributed by atoms with Crippen molar-refractivity contribution in [2.24, 2.45) is 0 Å². The number of nitriles is 1. The van der Waals surface area contributed by atoms with Crippen molar-refractivity contribution in [3.05, 3.63) is 21.9 Å². The second-order valence-corrected chi connectivity index (χ2v) is 3.27. The molecule has 0 radical (unpaired) electrons. The van der Waals surface area contributed by atoms with Crippen molar-refractivity contribution < 1.29 is 13.2 Å². The third kappa shape index (κ3) is 1.98. The zero-order valence-electron chi connectivity index (χ0n) is 5.85. The van der Waals surface area contributed by atoms with Crippen LogP contribution in [0, 0.1) is 11.3 Å². The maximum absolute atomic E-state index is 12.0. The van der Waals surface area contributed by atoms with Crippen molar-refractivity contribution in [1.29, 1.82) is 5.26 Å². The summed E-state index contributed by atoms with van der Waals surface area (Å²) in [6, 6.07) is 4.12. The van der Waals surface area contributed by atoms with Crippen LogP contribution in [-0.2, 0) is 12.6 Å². The van der Waals surface area contributed by atoms with E-state index in [2.05, 4.69) is 0 Å². The summed E-state index contributed by atoms with van der Waals surface area (Å²) in [5.41, 5.74) is 0. The quantitative estimate of drug-likeness (QED) is 0.669. The first-order chi connectivity index (χ1) is 5.54. The van der Waals surface area contributed by atoms with Crippen molar-refractivity contribution in [2.45, 2.75) is 12.6 Å². The number of thiophene rings is 1. The molecule has 1 aromatic rings. The van der Waals surface area contributed by atoms with Crippen LogP contribution in [-0.4, -0.2) is 0 Å². The molecule has 0 aromatic carbocycles. The van der Waals surface area contributed by atoms with Gasteiger partial charge in [0.1, 0.15) is 4.88 Å². The Balaban J connectivity index is 2.86. The zero-order valence-corrected chi connectivity index (χ0v) is 6.67. The van der Waals surface area contributed by atoms with Crippen LogP contribution in [0.2, 0.25) is 0 Å². The van der Waals surface area contributed by atoms with Gasteiger partial charge in [-0.3, -0.25) is 0 Å². The van der Waals surface area contributed by atoms with Gasteiger partial charge in [0, 0.05) is 4.88 Å². The summed E-state index contributed by atoms with van der Waals surface area (Å²) in [6.07, 6.45) is -4.24. The van der Waals surface area contributed by atoms with E-state index in [1.807, 2.05) is 0 Å². The van der Waals surface area contributed by atoms with E-state index in [1.165, 1.54) is 6.07 Å². The summed E-state index contributed by atoms with van der Waals surface area (Å²) < 4.78 is 35.9. The van der Waals surface area contributed by atoms with Crippen LogP contribution in [0.4, 0.5) is 13.2 Å². The highest BCUT2D eigenvalue weighted by Gasteiger charge is 2.32. The first-order valence-corrected chi connectivity index (χ1v) is 3.88. The molecule has 0 saturated carbocycles. The van der Waals surface area contributed by atoms with Crippen LogP contribution in [0.3, 0.4) is 0 Å². The maximum atomic E-state index is 12.0. The molecule has 0 spiro atoms. The molecule has 0 fully saturated rings. The Morgan fingerprint density at radius 2 is 2.08 bits per heavy atom. The first kappa shape index (κ1) is 9.07. The topological polar surface area (TPSA) is 23.8 Å². The minimum absolute atomic E-state index is 0.0424. The summed E-state index contributed by atoms with van der Waals surface area (Å²) in [5.74, 6) is 0. The van der Waals surface area contributed by atoms with Gasteiger partial charge in [0.25, 0.3) is 0 Å². The lowest BCUT2D eigenvalue weighted by atomic mass is 10.3. The smallest absolute Gasteiger partial charge is 0.198 e. The van der Waals surface area contributed by atoms with E-state index < -0.39 is 11.1 Å². The fraction of sp³-hybridized carbons (Fsp3) is 0.286. The molecule has 64 valence electrons. The van der Waals surface area contributed by atoms with Gasteiger partial charge in [0.2, 0.25) is 0 Å². The van der Waals surface area contributed by atoms with Gasteiger partial charge in [-0.05, 0) is 12.1 Å². The highest BCUT2D eigenvalue weighted by atomic mass is 32.1. The van der Waals surface area contributed by atoms with E-state index in [1.54, 1.807) is 6.07 Å². The largest absolute Gasteiger partial charge is 0.425 e. The van der Waals surface area contributed by atoms with E-state index in [9.17, 15) is 13.2 Å². The lowest BCUT2D eigenvalue weighted by Gasteiger charge is -2.00. The van der Waals surface area contributed by atoms with E-state index in [-0.39, 0.29) is 6.42 Å². The molecule has 1 heterocycles. The van der Waals surface area contributed by atoms with Crippen molar-refractivity contribution in [3.63, 3.8) is 0 Å². The normalized spacial score (nSPS) is 11.2. The van der Waals surface area contributed by atoms with Gasteiger partial charge < -0.3 is 0 Å². The molecule has 0 N–H and O–H groups in total. The Morgan fingerprint density at radius 1 is 1.42 bits per heavy atom. The molecule has 0 aliphatic carbocycles. The molecule has 0 atom stereocenters. The van der Waals surface area contributed by atoms with Crippen LogP contribution in [0.5, 0.6) is 0 Å². The molecule has 5 heteroatoms. The van der Waals surface area contributed by atoms with E-state index in [4.69, 9.17) is 5.26 Å². The van der Waals surface area contributed by atoms with Crippen molar-refractivity contribution >= 4 is 11.3 Å². The summed E-state index contributed by atoms with van der Waals surface area (Å²) >= 11 is 0.617. The molecule has 0 aliphatic heterocycles. The van der Waals surface area contributed by atoms with Crippen LogP contribution in [0.25, 0.3) is 0 Å². The highest BCUT2D eigenvalue weighted by Crippen LogP contribution is 2.34. The fourth-order valence-corrected chi connectivity index (χ4v) is 1.51. The first-order valence-electron chi connectivity index (χ1n) is 3.07. The molecule has 1 aromatic heterocycles. The van der Waals surface area contributed by atoms with Gasteiger partial charge >= 0.3 is 6.18 Å². The minimum atomic E-state index is -4.28. The Kier molecular flexibility index (Phi) is 2.38. The van der Waals surface area contributed by atoms with Gasteiger partial charge in [-0.25, -0.2) is 0 Å². The molecular weight excluding hydrogens is 187 g/mol. The highest BCUT2D eigenvalue weighted by molar-refractivity contribution is 7.12. The van der Waals surface area contributed by atoms with Crippen molar-refractivity contribution in [2.75, 3.05) is 0 Å². The van der Waals surface area contributed by atoms with Gasteiger partial charge in [-0.2, -0.15) is 18.4 Å². The van der Waals surface area contributed by atoms with E-state index in [0.717, 1.165) is 6.07 Å². The lowest BCUT2D eigenvalue weighted by molar-refractivity contribution is -0.134. The summed E-state index contributed by atoms with van der Waals surface area (Å²) in [5, 5.41) is 8.21. The molecule has 0 bridgehead atoms. The average molecular weight is 191 g/mol. The van der Waals surface area contributed by atoms with Gasteiger partial charge in [-0.15, -0.1) is 11.3 Å². The number of halogens is 3. The predicted octanol–water partition coefficient (Wildman–Crippen LogP) is 2.83. The third-order valence-electron chi connectivity index (χ3n) is 1.19. The molecule has 0 amide bonds. The second kappa shape index (κ2) is 3.15. The lowest BCUT2D eigenvalue weighted by Crippen LogP contribution is -2.00. The molecular formula is C7H4F3NS. The van der Waals surface area contributed by atoms with E-state index >= 15 is 0 Å². The SMILES string of the molecule is N#CCc1ccc(C(F)(F)F)s1. The summed E-state index contributed by atoms with van der Waals surface area (Å²) in [6.45, 7) is 0. The number of nitrogens with zero attached hydrogens (tertiary/aromatic N) is 1. The van der Waals surface area contributed by atoms with Crippen LogP contribution in [0.1, 0.15) is 9.75 Å². The van der Waals surface area contributed by atoms with Crippen LogP contribution >= 0.6 is 11.3 Å². The van der Waals surface area contributed by atoms with Crippen LogP contribution < -0.4 is 0 Å². The fourth-order valence-electron chi connectivity index (χ4n) is 0.703. The number of alkyl halides is 3. The zero-order chi connectivity index (χ0) is 9.19. The predicted molar refractivity (Wildman–Crippen MR) is 38.6 cm³/mol. The van der Waals surface area contributed by atoms with Crippen molar-refractivity contribution in [1.82, 2.24) is 0 Å². The average Bonchev–Trinajstić information content (AvgIpc) is 2.35. The molecule has 0 unspecified atom stereocenters. The molecule has 1 nitrogen and oxygen atoms in total. The molecule has 1 rings (SSSR count). The Morgan fingerprint density at radius 3 is 2.50 bits per heavy atom. The van der Waals surface area contributed by atoms with Crippen LogP contribution in [0.15, 0.2) is 12.1 Å². The second-order valence-electron chi connectivity index (χ2n) is 2.10. The van der Waals surface area contributed by atoms with Gasteiger partial charge in [0.15, 0.2) is 0 Å². The Hall–Kier alpha value is -1.02. The Labute approximate surface area is 71.1 Å². The monoisotopic (exact) mass is 191 g/mol. The molecule has 0 saturated heterocycles. The number of hydrogen-bond donors (Lipinski definition) is 0. The summed E-state index contributed by atoms with van der Waals surface area (Å²) in [7, 11) is 0. The number of rotatable bonds is 1. The third-order valence-corrected chi connectivity index (χ3v) is 2.32. The van der Waals surface area contributed by atoms with Crippen molar-refractivity contribution in [3.8, 4) is 6.07 Å². The number of hydrogen-bond acceptors (Lipinski definition) is 2. The minimum Gasteiger partial charge on any atom is -0.198 e.